The Kier molecular flexibility index (Phi) is 5.16. The van der Waals surface area contributed by atoms with Gasteiger partial charge in [-0.1, -0.05) is 12.1 Å². The van der Waals surface area contributed by atoms with Crippen molar-refractivity contribution in [3.05, 3.63) is 65.2 Å². The van der Waals surface area contributed by atoms with Crippen LogP contribution in [0.1, 0.15) is 28.8 Å². The van der Waals surface area contributed by atoms with Gasteiger partial charge in [-0.3, -0.25) is 4.79 Å². The van der Waals surface area contributed by atoms with Crippen LogP contribution < -0.4 is 4.74 Å². The number of halogens is 2. The van der Waals surface area contributed by atoms with Crippen molar-refractivity contribution in [3.63, 3.8) is 0 Å². The number of carboxylic acids is 1. The van der Waals surface area contributed by atoms with E-state index < -0.39 is 24.2 Å². The number of carbonyl (C=O) groups is 2. The number of carbonyl (C=O) groups excluding carboxylic acids is 1. The van der Waals surface area contributed by atoms with Crippen molar-refractivity contribution in [3.8, 4) is 5.75 Å². The van der Waals surface area contributed by atoms with E-state index in [1.54, 1.807) is 23.1 Å². The highest BCUT2D eigenvalue weighted by molar-refractivity contribution is 5.95. The fourth-order valence-electron chi connectivity index (χ4n) is 2.62. The van der Waals surface area contributed by atoms with E-state index >= 15 is 0 Å². The summed E-state index contributed by atoms with van der Waals surface area (Å²) in [6.07, 6.45) is 1.65. The maximum atomic E-state index is 13.9. The van der Waals surface area contributed by atoms with Gasteiger partial charge in [0.2, 0.25) is 0 Å². The zero-order chi connectivity index (χ0) is 18.7. The lowest BCUT2D eigenvalue weighted by atomic mass is 10.1. The molecule has 0 aliphatic heterocycles. The number of nitrogens with zero attached hydrogens (tertiary/aromatic N) is 1. The van der Waals surface area contributed by atoms with E-state index in [0.717, 1.165) is 25.0 Å². The number of aliphatic carboxylic acids is 1. The lowest BCUT2D eigenvalue weighted by Crippen LogP contribution is -2.33. The van der Waals surface area contributed by atoms with E-state index in [0.29, 0.717) is 5.56 Å². The molecule has 1 aliphatic rings. The third-order valence-electron chi connectivity index (χ3n) is 4.05. The van der Waals surface area contributed by atoms with Crippen molar-refractivity contribution >= 4 is 11.9 Å². The van der Waals surface area contributed by atoms with Gasteiger partial charge in [0.15, 0.2) is 6.61 Å². The Balaban J connectivity index is 1.79. The predicted octanol–water partition coefficient (Wildman–Crippen LogP) is 3.23. The van der Waals surface area contributed by atoms with Gasteiger partial charge < -0.3 is 14.7 Å². The second-order valence-corrected chi connectivity index (χ2v) is 6.11. The van der Waals surface area contributed by atoms with Crippen molar-refractivity contribution in [2.75, 3.05) is 6.61 Å². The second-order valence-electron chi connectivity index (χ2n) is 6.11. The van der Waals surface area contributed by atoms with Gasteiger partial charge in [-0.15, -0.1) is 0 Å². The van der Waals surface area contributed by atoms with E-state index in [-0.39, 0.29) is 29.8 Å². The molecule has 2 aromatic carbocycles. The molecule has 1 fully saturated rings. The largest absolute Gasteiger partial charge is 0.482 e. The molecule has 0 radical (unpaired) electrons. The summed E-state index contributed by atoms with van der Waals surface area (Å²) in [4.78, 5) is 25.0. The number of rotatable bonds is 7. The normalized spacial score (nSPS) is 13.3. The number of hydrogen-bond donors (Lipinski definition) is 1. The zero-order valence-corrected chi connectivity index (χ0v) is 13.8. The van der Waals surface area contributed by atoms with Gasteiger partial charge >= 0.3 is 5.97 Å². The summed E-state index contributed by atoms with van der Waals surface area (Å²) in [5.74, 6) is -2.52. The standard InChI is InChI=1S/C19H17F2NO4/c20-14-5-4-13(17(21)9-14)10-22(15-6-7-15)19(25)12-2-1-3-16(8-12)26-11-18(23)24/h1-5,8-9,15H,6-7,10-11H2,(H,23,24). The van der Waals surface area contributed by atoms with Crippen molar-refractivity contribution < 1.29 is 28.2 Å². The first-order chi connectivity index (χ1) is 12.4. The van der Waals surface area contributed by atoms with E-state index in [9.17, 15) is 18.4 Å². The molecule has 0 saturated heterocycles. The van der Waals surface area contributed by atoms with Crippen LogP contribution in [0.3, 0.4) is 0 Å². The van der Waals surface area contributed by atoms with Gasteiger partial charge in [-0.2, -0.15) is 0 Å². The molecule has 2 aromatic rings. The van der Waals surface area contributed by atoms with Crippen LogP contribution in [-0.4, -0.2) is 34.5 Å². The highest BCUT2D eigenvalue weighted by Crippen LogP contribution is 2.31. The number of amides is 1. The highest BCUT2D eigenvalue weighted by Gasteiger charge is 2.33. The van der Waals surface area contributed by atoms with Crippen LogP contribution in [0.4, 0.5) is 8.78 Å². The number of carboxylic acid groups (broad SMARTS) is 1. The molecule has 136 valence electrons. The summed E-state index contributed by atoms with van der Waals surface area (Å²) >= 11 is 0. The first-order valence-corrected chi connectivity index (χ1v) is 8.13. The van der Waals surface area contributed by atoms with Gasteiger partial charge in [0.05, 0.1) is 0 Å². The van der Waals surface area contributed by atoms with Crippen molar-refractivity contribution in [2.45, 2.75) is 25.4 Å². The minimum Gasteiger partial charge on any atom is -0.482 e. The molecule has 0 heterocycles. The Morgan fingerprint density at radius 3 is 2.58 bits per heavy atom. The molecule has 1 amide bonds. The minimum absolute atomic E-state index is 0.00977. The van der Waals surface area contributed by atoms with Gasteiger partial charge in [-0.25, -0.2) is 13.6 Å². The number of ether oxygens (including phenoxy) is 1. The summed E-state index contributed by atoms with van der Waals surface area (Å²) in [7, 11) is 0. The SMILES string of the molecule is O=C(O)COc1cccc(C(=O)N(Cc2ccc(F)cc2F)C2CC2)c1. The van der Waals surface area contributed by atoms with Crippen molar-refractivity contribution in [2.24, 2.45) is 0 Å². The Bertz CT molecular complexity index is 836. The smallest absolute Gasteiger partial charge is 0.341 e. The van der Waals surface area contributed by atoms with Gasteiger partial charge in [0.1, 0.15) is 17.4 Å². The van der Waals surface area contributed by atoms with Crippen LogP contribution in [-0.2, 0) is 11.3 Å². The van der Waals surface area contributed by atoms with Crippen molar-refractivity contribution in [1.29, 1.82) is 0 Å². The van der Waals surface area contributed by atoms with Gasteiger partial charge in [0.25, 0.3) is 5.91 Å². The molecule has 1 saturated carbocycles. The molecule has 5 nitrogen and oxygen atoms in total. The number of benzene rings is 2. The average Bonchev–Trinajstić information content (AvgIpc) is 3.44. The topological polar surface area (TPSA) is 66.8 Å². The monoisotopic (exact) mass is 361 g/mol. The molecule has 26 heavy (non-hydrogen) atoms. The van der Waals surface area contributed by atoms with Crippen LogP contribution in [0, 0.1) is 11.6 Å². The van der Waals surface area contributed by atoms with E-state index in [2.05, 4.69) is 0 Å². The van der Waals surface area contributed by atoms with Crippen LogP contribution in [0.5, 0.6) is 5.75 Å². The Morgan fingerprint density at radius 1 is 1.15 bits per heavy atom. The minimum atomic E-state index is -1.12. The average molecular weight is 361 g/mol. The van der Waals surface area contributed by atoms with E-state index in [4.69, 9.17) is 9.84 Å². The summed E-state index contributed by atoms with van der Waals surface area (Å²) in [5, 5.41) is 8.67. The molecule has 0 atom stereocenters. The van der Waals surface area contributed by atoms with Crippen LogP contribution in [0.2, 0.25) is 0 Å². The number of hydrogen-bond acceptors (Lipinski definition) is 3. The summed E-state index contributed by atoms with van der Waals surface area (Å²) in [6, 6.07) is 9.50. The molecule has 0 bridgehead atoms. The van der Waals surface area contributed by atoms with Gasteiger partial charge in [0, 0.05) is 29.8 Å². The Labute approximate surface area is 148 Å². The van der Waals surface area contributed by atoms with Crippen LogP contribution >= 0.6 is 0 Å². The van der Waals surface area contributed by atoms with Crippen LogP contribution in [0.15, 0.2) is 42.5 Å². The maximum absolute atomic E-state index is 13.9. The first kappa shape index (κ1) is 17.8. The summed E-state index contributed by atoms with van der Waals surface area (Å²) in [6.45, 7) is -0.472. The fraction of sp³-hybridized carbons (Fsp3) is 0.263. The summed E-state index contributed by atoms with van der Waals surface area (Å²) in [5.41, 5.74) is 0.562. The molecule has 7 heteroatoms. The third-order valence-corrected chi connectivity index (χ3v) is 4.05. The second kappa shape index (κ2) is 7.51. The molecule has 0 spiro atoms. The Hall–Kier alpha value is -2.96. The lowest BCUT2D eigenvalue weighted by Gasteiger charge is -2.23. The Morgan fingerprint density at radius 2 is 1.92 bits per heavy atom. The van der Waals surface area contributed by atoms with E-state index in [1.165, 1.54) is 12.1 Å². The molecule has 3 rings (SSSR count). The molecule has 0 unspecified atom stereocenters. The van der Waals surface area contributed by atoms with Gasteiger partial charge in [-0.05, 0) is 37.1 Å². The maximum Gasteiger partial charge on any atom is 0.341 e. The molecular weight excluding hydrogens is 344 g/mol. The predicted molar refractivity (Wildman–Crippen MR) is 88.8 cm³/mol. The molecule has 1 N–H and O–H groups in total. The first-order valence-electron chi connectivity index (χ1n) is 8.13. The van der Waals surface area contributed by atoms with Crippen LogP contribution in [0.25, 0.3) is 0 Å². The zero-order valence-electron chi connectivity index (χ0n) is 13.8. The van der Waals surface area contributed by atoms with Crippen molar-refractivity contribution in [1.82, 2.24) is 4.90 Å². The third kappa shape index (κ3) is 4.36. The highest BCUT2D eigenvalue weighted by atomic mass is 19.1. The molecular formula is C19H17F2NO4. The summed E-state index contributed by atoms with van der Waals surface area (Å²) < 4.78 is 32.1. The quantitative estimate of drug-likeness (QED) is 0.822. The molecule has 1 aliphatic carbocycles. The van der Waals surface area contributed by atoms with E-state index in [1.807, 2.05) is 0 Å². The molecule has 0 aromatic heterocycles. The fourth-order valence-corrected chi connectivity index (χ4v) is 2.62. The lowest BCUT2D eigenvalue weighted by molar-refractivity contribution is -0.139.